The van der Waals surface area contributed by atoms with Gasteiger partial charge < -0.3 is 5.32 Å². The van der Waals surface area contributed by atoms with Crippen LogP contribution in [-0.2, 0) is 0 Å². The summed E-state index contributed by atoms with van der Waals surface area (Å²) in [6.07, 6.45) is 16.4. The third kappa shape index (κ3) is 10.7. The van der Waals surface area contributed by atoms with Crippen LogP contribution in [-0.4, -0.2) is 12.3 Å². The number of nitrogens with one attached hydrogen (secondary N) is 1. The molecule has 1 rings (SSSR count). The molecular weight excluding hydrogens is 342 g/mol. The second-order valence-corrected chi connectivity index (χ2v) is 8.26. The minimum atomic E-state index is 0.125. The molecule has 0 bridgehead atoms. The summed E-state index contributed by atoms with van der Waals surface area (Å²) in [4.78, 5) is 12.5. The molecule has 1 aromatic carbocycles. The van der Waals surface area contributed by atoms with E-state index in [1.165, 1.54) is 82.6 Å². The largest absolute Gasteiger partial charge is 0.388 e. The Hall–Kier alpha value is -1.57. The minimum absolute atomic E-state index is 0.125. The van der Waals surface area contributed by atoms with Gasteiger partial charge in [-0.25, -0.2) is 0 Å². The van der Waals surface area contributed by atoms with Gasteiger partial charge in [-0.2, -0.15) is 0 Å². The van der Waals surface area contributed by atoms with Gasteiger partial charge in [0.2, 0.25) is 0 Å². The number of aryl methyl sites for hydroxylation is 1. The number of allylic oxidation sites excluding steroid dienone is 2. The summed E-state index contributed by atoms with van der Waals surface area (Å²) >= 11 is 0. The summed E-state index contributed by atoms with van der Waals surface area (Å²) in [6.45, 7) is 9.22. The van der Waals surface area contributed by atoms with Crippen molar-refractivity contribution in [2.45, 2.75) is 105 Å². The van der Waals surface area contributed by atoms with E-state index in [1.807, 2.05) is 45.0 Å². The Morgan fingerprint density at radius 3 is 1.71 bits per heavy atom. The molecule has 0 aliphatic heterocycles. The van der Waals surface area contributed by atoms with Crippen molar-refractivity contribution in [3.05, 3.63) is 46.7 Å². The molecule has 0 aliphatic carbocycles. The van der Waals surface area contributed by atoms with Gasteiger partial charge in [-0.1, -0.05) is 107 Å². The van der Waals surface area contributed by atoms with Crippen LogP contribution in [0, 0.1) is 6.92 Å². The average Bonchev–Trinajstić information content (AvgIpc) is 2.70. The Kier molecular flexibility index (Phi) is 13.4. The van der Waals surface area contributed by atoms with Crippen LogP contribution >= 0.6 is 0 Å². The van der Waals surface area contributed by atoms with Crippen molar-refractivity contribution in [2.75, 3.05) is 6.54 Å². The molecule has 1 N–H and O–H groups in total. The van der Waals surface area contributed by atoms with E-state index in [1.54, 1.807) is 0 Å². The number of unbranched alkanes of at least 4 members (excludes halogenated alkanes) is 11. The van der Waals surface area contributed by atoms with Gasteiger partial charge in [0.05, 0.1) is 0 Å². The summed E-state index contributed by atoms with van der Waals surface area (Å²) in [5, 5.41) is 3.44. The Morgan fingerprint density at radius 2 is 1.21 bits per heavy atom. The van der Waals surface area contributed by atoms with E-state index in [0.29, 0.717) is 0 Å². The van der Waals surface area contributed by atoms with Crippen LogP contribution < -0.4 is 5.32 Å². The Bertz CT molecular complexity index is 571. The molecule has 0 aliphatic rings. The van der Waals surface area contributed by atoms with E-state index in [-0.39, 0.29) is 5.78 Å². The molecule has 0 saturated carbocycles. The van der Waals surface area contributed by atoms with Crippen molar-refractivity contribution in [3.8, 4) is 0 Å². The first kappa shape index (κ1) is 24.5. The second kappa shape index (κ2) is 15.4. The van der Waals surface area contributed by atoms with Gasteiger partial charge in [0.1, 0.15) is 0 Å². The number of ketones is 1. The molecule has 0 unspecified atom stereocenters. The lowest BCUT2D eigenvalue weighted by Gasteiger charge is -2.11. The van der Waals surface area contributed by atoms with Crippen LogP contribution in [0.2, 0.25) is 0 Å². The van der Waals surface area contributed by atoms with Crippen molar-refractivity contribution < 1.29 is 4.79 Å². The highest BCUT2D eigenvalue weighted by Gasteiger charge is 2.10. The molecule has 0 atom stereocenters. The van der Waals surface area contributed by atoms with Crippen LogP contribution in [0.4, 0.5) is 0 Å². The Balaban J connectivity index is 2.08. The molecule has 2 heteroatoms. The van der Waals surface area contributed by atoms with Crippen molar-refractivity contribution in [2.24, 2.45) is 0 Å². The predicted octanol–water partition coefficient (Wildman–Crippen LogP) is 7.76. The first-order chi connectivity index (χ1) is 13.6. The maximum absolute atomic E-state index is 12.5. The van der Waals surface area contributed by atoms with Crippen LogP contribution in [0.3, 0.4) is 0 Å². The molecule has 0 aromatic heterocycles. The fourth-order valence-corrected chi connectivity index (χ4v) is 3.47. The summed E-state index contributed by atoms with van der Waals surface area (Å²) in [6, 6.07) is 7.82. The molecule has 158 valence electrons. The second-order valence-electron chi connectivity index (χ2n) is 8.26. The van der Waals surface area contributed by atoms with Gasteiger partial charge >= 0.3 is 0 Å². The summed E-state index contributed by atoms with van der Waals surface area (Å²) in [5.41, 5.74) is 3.78. The first-order valence-electron chi connectivity index (χ1n) is 11.6. The number of carbonyl (C=O) groups is 1. The topological polar surface area (TPSA) is 29.1 Å². The fourth-order valence-electron chi connectivity index (χ4n) is 3.47. The van der Waals surface area contributed by atoms with E-state index >= 15 is 0 Å². The summed E-state index contributed by atoms with van der Waals surface area (Å²) in [5.74, 6) is 0.125. The van der Waals surface area contributed by atoms with Crippen molar-refractivity contribution in [1.29, 1.82) is 0 Å². The molecule has 0 radical (unpaired) electrons. The standard InChI is InChI=1S/C26H43NO/c1-5-6-7-8-9-10-11-12-13-14-15-16-21-27-24(4)23(3)26(28)25-19-17-22(2)18-20-25/h17-20,27H,5-16,21H2,1-4H3/b24-23-. The van der Waals surface area contributed by atoms with Gasteiger partial charge in [0.15, 0.2) is 5.78 Å². The highest BCUT2D eigenvalue weighted by Crippen LogP contribution is 2.13. The van der Waals surface area contributed by atoms with Gasteiger partial charge in [-0.15, -0.1) is 0 Å². The molecule has 0 amide bonds. The summed E-state index contributed by atoms with van der Waals surface area (Å²) < 4.78 is 0. The lowest BCUT2D eigenvalue weighted by atomic mass is 10.0. The lowest BCUT2D eigenvalue weighted by molar-refractivity contribution is 0.103. The van der Waals surface area contributed by atoms with E-state index in [2.05, 4.69) is 12.2 Å². The third-order valence-corrected chi connectivity index (χ3v) is 5.64. The molecule has 1 aromatic rings. The number of Topliss-reactive ketones (excluding diaryl/α,β-unsaturated/α-hetero) is 1. The zero-order valence-electron chi connectivity index (χ0n) is 18.9. The lowest BCUT2D eigenvalue weighted by Crippen LogP contribution is -2.17. The highest BCUT2D eigenvalue weighted by molar-refractivity contribution is 6.08. The van der Waals surface area contributed by atoms with Gasteiger partial charge in [0, 0.05) is 23.4 Å². The molecular formula is C26H43NO. The van der Waals surface area contributed by atoms with Crippen LogP contribution in [0.5, 0.6) is 0 Å². The van der Waals surface area contributed by atoms with Gasteiger partial charge in [0.25, 0.3) is 0 Å². The van der Waals surface area contributed by atoms with Crippen molar-refractivity contribution in [1.82, 2.24) is 5.32 Å². The molecule has 0 spiro atoms. The van der Waals surface area contributed by atoms with Crippen molar-refractivity contribution in [3.63, 3.8) is 0 Å². The zero-order valence-corrected chi connectivity index (χ0v) is 18.9. The predicted molar refractivity (Wildman–Crippen MR) is 123 cm³/mol. The number of benzene rings is 1. The Morgan fingerprint density at radius 1 is 0.750 bits per heavy atom. The third-order valence-electron chi connectivity index (χ3n) is 5.64. The maximum atomic E-state index is 12.5. The molecule has 0 heterocycles. The van der Waals surface area contributed by atoms with Crippen LogP contribution in [0.15, 0.2) is 35.5 Å². The first-order valence-corrected chi connectivity index (χ1v) is 11.6. The van der Waals surface area contributed by atoms with Crippen molar-refractivity contribution >= 4 is 5.78 Å². The Labute approximate surface area is 174 Å². The minimum Gasteiger partial charge on any atom is -0.388 e. The number of hydrogen-bond acceptors (Lipinski definition) is 2. The monoisotopic (exact) mass is 385 g/mol. The maximum Gasteiger partial charge on any atom is 0.190 e. The van der Waals surface area contributed by atoms with Gasteiger partial charge in [-0.05, 0) is 27.2 Å². The molecule has 0 fully saturated rings. The zero-order chi connectivity index (χ0) is 20.6. The number of hydrogen-bond donors (Lipinski definition) is 1. The quantitative estimate of drug-likeness (QED) is 0.179. The highest BCUT2D eigenvalue weighted by atomic mass is 16.1. The van der Waals surface area contributed by atoms with Crippen LogP contribution in [0.25, 0.3) is 0 Å². The van der Waals surface area contributed by atoms with E-state index < -0.39 is 0 Å². The fraction of sp³-hybridized carbons (Fsp3) is 0.654. The van der Waals surface area contributed by atoms with Crippen LogP contribution in [0.1, 0.15) is 114 Å². The molecule has 2 nitrogen and oxygen atoms in total. The average molecular weight is 386 g/mol. The van der Waals surface area contributed by atoms with Gasteiger partial charge in [-0.3, -0.25) is 4.79 Å². The normalized spacial score (nSPS) is 12.0. The summed E-state index contributed by atoms with van der Waals surface area (Å²) in [7, 11) is 0. The van der Waals surface area contributed by atoms with E-state index in [9.17, 15) is 4.79 Å². The number of carbonyl (C=O) groups excluding carboxylic acids is 1. The smallest absolute Gasteiger partial charge is 0.190 e. The SMILES string of the molecule is CCCCCCCCCCCCCCN/C(C)=C(/C)C(=O)c1ccc(C)cc1. The molecule has 0 saturated heterocycles. The molecule has 28 heavy (non-hydrogen) atoms. The van der Waals surface area contributed by atoms with E-state index in [4.69, 9.17) is 0 Å². The van der Waals surface area contributed by atoms with E-state index in [0.717, 1.165) is 23.4 Å². The number of rotatable bonds is 16.